The van der Waals surface area contributed by atoms with E-state index >= 15 is 0 Å². The summed E-state index contributed by atoms with van der Waals surface area (Å²) < 4.78 is 15.9. The van der Waals surface area contributed by atoms with E-state index in [0.717, 1.165) is 22.2 Å². The van der Waals surface area contributed by atoms with Crippen LogP contribution < -0.4 is 5.32 Å². The van der Waals surface area contributed by atoms with Crippen molar-refractivity contribution in [2.75, 3.05) is 5.32 Å². The molecule has 0 saturated heterocycles. The molecule has 6 heteroatoms. The van der Waals surface area contributed by atoms with E-state index in [0.29, 0.717) is 22.1 Å². The average molecular weight is 436 g/mol. The Bertz CT molecular complexity index is 1280. The van der Waals surface area contributed by atoms with E-state index in [1.807, 2.05) is 61.7 Å². The molecule has 0 saturated carbocycles. The highest BCUT2D eigenvalue weighted by Gasteiger charge is 2.20. The highest BCUT2D eigenvalue weighted by Crippen LogP contribution is 2.35. The number of benzene rings is 3. The predicted molar refractivity (Wildman–Crippen MR) is 124 cm³/mol. The number of carbonyl (C=O) groups is 1. The van der Waals surface area contributed by atoms with Crippen molar-refractivity contribution in [2.24, 2.45) is 0 Å². The van der Waals surface area contributed by atoms with Crippen molar-refractivity contribution >= 4 is 34.2 Å². The smallest absolute Gasteiger partial charge is 0.228 e. The minimum Gasteiger partial charge on any atom is -0.325 e. The summed E-state index contributed by atoms with van der Waals surface area (Å²) in [7, 11) is 0. The molecule has 31 heavy (non-hydrogen) atoms. The average Bonchev–Trinajstić information content (AvgIpc) is 3.10. The lowest BCUT2D eigenvalue weighted by Crippen LogP contribution is -2.16. The number of imidazole rings is 1. The third-order valence-corrected chi connectivity index (χ3v) is 5.62. The van der Waals surface area contributed by atoms with Crippen molar-refractivity contribution in [2.45, 2.75) is 33.2 Å². The highest BCUT2D eigenvalue weighted by atomic mass is 35.5. The molecule has 3 aromatic carbocycles. The first-order chi connectivity index (χ1) is 14.8. The summed E-state index contributed by atoms with van der Waals surface area (Å²) in [5.74, 6) is 0.215. The molecule has 4 aromatic rings. The molecule has 0 radical (unpaired) electrons. The SMILES string of the molecule is Cc1cccc(-c2nc3ccc(F)cc3n2C(C)C)c1NC(=O)Cc1ccccc1Cl. The molecule has 158 valence electrons. The van der Waals surface area contributed by atoms with Crippen molar-refractivity contribution in [1.29, 1.82) is 0 Å². The number of nitrogens with zero attached hydrogens (tertiary/aromatic N) is 2. The van der Waals surface area contributed by atoms with E-state index in [-0.39, 0.29) is 24.2 Å². The van der Waals surface area contributed by atoms with E-state index in [1.54, 1.807) is 12.1 Å². The number of fused-ring (bicyclic) bond motifs is 1. The Kier molecular flexibility index (Phi) is 5.79. The van der Waals surface area contributed by atoms with Crippen LogP contribution in [0.1, 0.15) is 31.0 Å². The van der Waals surface area contributed by atoms with Crippen LogP contribution >= 0.6 is 11.6 Å². The zero-order valence-electron chi connectivity index (χ0n) is 17.6. The van der Waals surface area contributed by atoms with E-state index < -0.39 is 0 Å². The molecule has 0 fully saturated rings. The van der Waals surface area contributed by atoms with Crippen LogP contribution in [0.4, 0.5) is 10.1 Å². The first-order valence-corrected chi connectivity index (χ1v) is 10.5. The van der Waals surface area contributed by atoms with Crippen LogP contribution in [0.15, 0.2) is 60.7 Å². The van der Waals surface area contributed by atoms with Crippen LogP contribution in [0.25, 0.3) is 22.4 Å². The maximum Gasteiger partial charge on any atom is 0.228 e. The van der Waals surface area contributed by atoms with Crippen molar-refractivity contribution in [3.63, 3.8) is 0 Å². The molecule has 1 heterocycles. The molecule has 0 aliphatic heterocycles. The van der Waals surface area contributed by atoms with Gasteiger partial charge in [0.25, 0.3) is 0 Å². The second-order valence-corrected chi connectivity index (χ2v) is 8.25. The van der Waals surface area contributed by atoms with Gasteiger partial charge in [-0.2, -0.15) is 0 Å². The number of hydrogen-bond donors (Lipinski definition) is 1. The zero-order chi connectivity index (χ0) is 22.1. The Labute approximate surface area is 185 Å². The second-order valence-electron chi connectivity index (χ2n) is 7.85. The van der Waals surface area contributed by atoms with E-state index in [2.05, 4.69) is 5.32 Å². The summed E-state index contributed by atoms with van der Waals surface area (Å²) >= 11 is 6.22. The lowest BCUT2D eigenvalue weighted by atomic mass is 10.1. The van der Waals surface area contributed by atoms with Gasteiger partial charge in [-0.15, -0.1) is 0 Å². The number of halogens is 2. The Hall–Kier alpha value is -3.18. The highest BCUT2D eigenvalue weighted by molar-refractivity contribution is 6.31. The number of hydrogen-bond acceptors (Lipinski definition) is 2. The summed E-state index contributed by atoms with van der Waals surface area (Å²) in [5, 5.41) is 3.61. The van der Waals surface area contributed by atoms with Crippen molar-refractivity contribution < 1.29 is 9.18 Å². The molecule has 0 aliphatic rings. The molecule has 1 amide bonds. The third kappa shape index (κ3) is 4.19. The predicted octanol–water partition coefficient (Wildman–Crippen LogP) is 6.57. The van der Waals surface area contributed by atoms with Crippen molar-refractivity contribution in [1.82, 2.24) is 9.55 Å². The molecular formula is C25H23ClFN3O. The van der Waals surface area contributed by atoms with E-state index in [9.17, 15) is 9.18 Å². The number of nitrogens with one attached hydrogen (secondary N) is 1. The molecule has 4 rings (SSSR count). The topological polar surface area (TPSA) is 46.9 Å². The van der Waals surface area contributed by atoms with Gasteiger partial charge >= 0.3 is 0 Å². The van der Waals surface area contributed by atoms with Crippen molar-refractivity contribution in [3.05, 3.63) is 82.6 Å². The van der Waals surface area contributed by atoms with Gasteiger partial charge in [-0.05, 0) is 62.2 Å². The molecule has 0 spiro atoms. The molecule has 1 aromatic heterocycles. The Morgan fingerprint density at radius 3 is 2.65 bits per heavy atom. The number of aromatic nitrogens is 2. The molecule has 0 aliphatic carbocycles. The number of carbonyl (C=O) groups excluding carboxylic acids is 1. The minimum atomic E-state index is -0.307. The zero-order valence-corrected chi connectivity index (χ0v) is 18.4. The van der Waals surface area contributed by atoms with Crippen LogP contribution in [0.2, 0.25) is 5.02 Å². The maximum atomic E-state index is 13.9. The monoisotopic (exact) mass is 435 g/mol. The summed E-state index contributed by atoms with van der Waals surface area (Å²) in [5.41, 5.74) is 4.59. The fourth-order valence-electron chi connectivity index (χ4n) is 3.80. The van der Waals surface area contributed by atoms with Crippen LogP contribution in [-0.2, 0) is 11.2 Å². The normalized spacial score (nSPS) is 11.3. The Morgan fingerprint density at radius 2 is 1.90 bits per heavy atom. The summed E-state index contributed by atoms with van der Waals surface area (Å²) in [6, 6.07) is 17.7. The van der Waals surface area contributed by atoms with Gasteiger partial charge in [0.15, 0.2) is 0 Å². The third-order valence-electron chi connectivity index (χ3n) is 5.25. The van der Waals surface area contributed by atoms with Gasteiger partial charge in [0, 0.05) is 16.6 Å². The fourth-order valence-corrected chi connectivity index (χ4v) is 4.00. The van der Waals surface area contributed by atoms with Gasteiger partial charge in [0.2, 0.25) is 5.91 Å². The van der Waals surface area contributed by atoms with Crippen molar-refractivity contribution in [3.8, 4) is 11.4 Å². The number of rotatable bonds is 5. The van der Waals surface area contributed by atoms with E-state index in [1.165, 1.54) is 12.1 Å². The lowest BCUT2D eigenvalue weighted by molar-refractivity contribution is -0.115. The first kappa shape index (κ1) is 21.1. The quantitative estimate of drug-likeness (QED) is 0.385. The maximum absolute atomic E-state index is 13.9. The van der Waals surface area contributed by atoms with Gasteiger partial charge in [-0.1, -0.05) is 41.9 Å². The molecular weight excluding hydrogens is 413 g/mol. The van der Waals surface area contributed by atoms with Crippen LogP contribution in [0.3, 0.4) is 0 Å². The number of anilines is 1. The minimum absolute atomic E-state index is 0.0500. The molecule has 1 N–H and O–H groups in total. The summed E-state index contributed by atoms with van der Waals surface area (Å²) in [6.07, 6.45) is 0.166. The van der Waals surface area contributed by atoms with E-state index in [4.69, 9.17) is 16.6 Å². The van der Waals surface area contributed by atoms with Gasteiger partial charge < -0.3 is 9.88 Å². The first-order valence-electron chi connectivity index (χ1n) is 10.2. The van der Waals surface area contributed by atoms with Gasteiger partial charge in [0.05, 0.1) is 23.1 Å². The summed E-state index contributed by atoms with van der Waals surface area (Å²) in [6.45, 7) is 6.00. The fraction of sp³-hybridized carbons (Fsp3) is 0.200. The number of para-hydroxylation sites is 1. The van der Waals surface area contributed by atoms with Gasteiger partial charge in [0.1, 0.15) is 11.6 Å². The standard InChI is InChI=1S/C25H23ClFN3O/c1-15(2)30-22-14-18(27)11-12-21(22)28-25(30)19-9-6-7-16(3)24(19)29-23(31)13-17-8-4-5-10-20(17)26/h4-12,14-15H,13H2,1-3H3,(H,29,31). The van der Waals surface area contributed by atoms with Crippen LogP contribution in [0.5, 0.6) is 0 Å². The Morgan fingerprint density at radius 1 is 1.13 bits per heavy atom. The number of aryl methyl sites for hydroxylation is 1. The molecule has 0 unspecified atom stereocenters. The molecule has 0 bridgehead atoms. The lowest BCUT2D eigenvalue weighted by Gasteiger charge is -2.18. The molecule has 4 nitrogen and oxygen atoms in total. The van der Waals surface area contributed by atoms with Crippen LogP contribution in [0, 0.1) is 12.7 Å². The summed E-state index contributed by atoms with van der Waals surface area (Å²) in [4.78, 5) is 17.6. The van der Waals surface area contributed by atoms with Gasteiger partial charge in [-0.3, -0.25) is 4.79 Å². The molecule has 0 atom stereocenters. The van der Waals surface area contributed by atoms with Crippen LogP contribution in [-0.4, -0.2) is 15.5 Å². The van der Waals surface area contributed by atoms with Gasteiger partial charge in [-0.25, -0.2) is 9.37 Å². The number of amides is 1. The second kappa shape index (κ2) is 8.52. The Balaban J connectivity index is 1.78. The largest absolute Gasteiger partial charge is 0.325 e.